The van der Waals surface area contributed by atoms with Crippen molar-refractivity contribution in [1.82, 2.24) is 14.8 Å². The Morgan fingerprint density at radius 3 is 2.26 bits per heavy atom. The topological polar surface area (TPSA) is 117 Å². The molecule has 0 unspecified atom stereocenters. The number of hydrogen-bond donors (Lipinski definition) is 0. The van der Waals surface area contributed by atoms with Gasteiger partial charge >= 0.3 is 0 Å². The molecular weight excluding hydrogens is 708 g/mol. The van der Waals surface area contributed by atoms with E-state index in [1.165, 1.54) is 23.4 Å². The molecule has 54 heavy (non-hydrogen) atoms. The van der Waals surface area contributed by atoms with Crippen LogP contribution in [0, 0.1) is 17.0 Å². The molecule has 0 aliphatic carbocycles. The van der Waals surface area contributed by atoms with Crippen molar-refractivity contribution in [2.45, 2.75) is 26.5 Å². The number of benzene rings is 4. The molecular formula is C42H41ClN4O7. The highest BCUT2D eigenvalue weighted by Crippen LogP contribution is 2.36. The number of ether oxygens (including phenoxy) is 4. The maximum absolute atomic E-state index is 11.8. The molecule has 1 aromatic heterocycles. The predicted octanol–water partition coefficient (Wildman–Crippen LogP) is 8.31. The summed E-state index contributed by atoms with van der Waals surface area (Å²) in [4.78, 5) is 31.6. The molecule has 6 rings (SSSR count). The van der Waals surface area contributed by atoms with Crippen molar-refractivity contribution >= 4 is 29.3 Å². The number of aromatic nitrogens is 1. The van der Waals surface area contributed by atoms with Crippen LogP contribution in [0.5, 0.6) is 28.9 Å². The summed E-state index contributed by atoms with van der Waals surface area (Å²) < 4.78 is 22.9. The van der Waals surface area contributed by atoms with Crippen LogP contribution in [-0.4, -0.2) is 65.9 Å². The van der Waals surface area contributed by atoms with Crippen LogP contribution >= 0.6 is 11.6 Å². The lowest BCUT2D eigenvalue weighted by Gasteiger charge is -2.37. The van der Waals surface area contributed by atoms with Crippen LogP contribution < -0.4 is 18.9 Å². The molecule has 1 aliphatic rings. The minimum atomic E-state index is -0.435. The van der Waals surface area contributed by atoms with Gasteiger partial charge in [-0.3, -0.25) is 19.8 Å². The zero-order chi connectivity index (χ0) is 37.9. The standard InChI is InChI=1S/C42H41ClN4O7/c1-30-25-34(26-38(43)42(30)54-41-16-15-37(27-44-41)53-29-33-5-3-4-6-40(33)47(49)50)39(17-23-48)46-21-19-45(20-22-46)28-32-9-7-31(8-10-32)18-24-52-36-13-11-35(51-2)12-14-36/h3-17,23,25-27H,18-22,24,28-29H2,1-2H3/b39-17+. The van der Waals surface area contributed by atoms with Gasteiger partial charge in [-0.15, -0.1) is 0 Å². The first-order valence-electron chi connectivity index (χ1n) is 17.6. The third-order valence-electron chi connectivity index (χ3n) is 9.11. The van der Waals surface area contributed by atoms with Gasteiger partial charge in [0.2, 0.25) is 5.88 Å². The second-order valence-electron chi connectivity index (χ2n) is 12.8. The number of halogens is 1. The van der Waals surface area contributed by atoms with Gasteiger partial charge in [-0.25, -0.2) is 4.98 Å². The van der Waals surface area contributed by atoms with Crippen LogP contribution in [0.3, 0.4) is 0 Å². The Hall–Kier alpha value is -5.91. The van der Waals surface area contributed by atoms with Crippen molar-refractivity contribution in [3.8, 4) is 28.9 Å². The Bertz CT molecular complexity index is 2040. The van der Waals surface area contributed by atoms with E-state index in [1.54, 1.807) is 49.6 Å². The second-order valence-corrected chi connectivity index (χ2v) is 13.2. The van der Waals surface area contributed by atoms with E-state index in [0.29, 0.717) is 34.6 Å². The second kappa shape index (κ2) is 18.2. The number of carbonyl (C=O) groups is 1. The van der Waals surface area contributed by atoms with Crippen molar-refractivity contribution in [3.63, 3.8) is 0 Å². The molecule has 0 N–H and O–H groups in total. The molecule has 0 spiro atoms. The molecule has 5 aromatic rings. The average molecular weight is 749 g/mol. The zero-order valence-corrected chi connectivity index (χ0v) is 30.9. The number of allylic oxidation sites excluding steroid dienone is 1. The van der Waals surface area contributed by atoms with Gasteiger partial charge in [0.05, 0.1) is 35.4 Å². The van der Waals surface area contributed by atoms with Crippen LogP contribution in [0.1, 0.15) is 27.8 Å². The first-order valence-corrected chi connectivity index (χ1v) is 17.9. The largest absolute Gasteiger partial charge is 0.497 e. The molecule has 11 nitrogen and oxygen atoms in total. The molecule has 0 bridgehead atoms. The lowest BCUT2D eigenvalue weighted by atomic mass is 10.1. The molecule has 0 radical (unpaired) electrons. The van der Waals surface area contributed by atoms with Crippen LogP contribution in [-0.2, 0) is 24.4 Å². The van der Waals surface area contributed by atoms with Gasteiger partial charge in [0.25, 0.3) is 5.69 Å². The number of nitro benzene ring substituents is 1. The van der Waals surface area contributed by atoms with E-state index in [-0.39, 0.29) is 12.3 Å². The number of methoxy groups -OCH3 is 1. The highest BCUT2D eigenvalue weighted by molar-refractivity contribution is 6.32. The fourth-order valence-electron chi connectivity index (χ4n) is 6.22. The summed E-state index contributed by atoms with van der Waals surface area (Å²) in [5.41, 5.74) is 5.34. The van der Waals surface area contributed by atoms with Crippen molar-refractivity contribution in [3.05, 3.63) is 152 Å². The minimum Gasteiger partial charge on any atom is -0.497 e. The molecule has 278 valence electrons. The fourth-order valence-corrected chi connectivity index (χ4v) is 6.53. The first kappa shape index (κ1) is 37.8. The Morgan fingerprint density at radius 2 is 1.59 bits per heavy atom. The predicted molar refractivity (Wildman–Crippen MR) is 207 cm³/mol. The quantitative estimate of drug-likeness (QED) is 0.0422. The average Bonchev–Trinajstić information content (AvgIpc) is 3.19. The number of nitrogens with zero attached hydrogens (tertiary/aromatic N) is 4. The van der Waals surface area contributed by atoms with Crippen molar-refractivity contribution in [2.75, 3.05) is 39.9 Å². The summed E-state index contributed by atoms with van der Waals surface area (Å²) in [5.74, 6) is 2.82. The van der Waals surface area contributed by atoms with Gasteiger partial charge < -0.3 is 23.8 Å². The van der Waals surface area contributed by atoms with E-state index in [0.717, 1.165) is 73.8 Å². The van der Waals surface area contributed by atoms with Gasteiger partial charge in [0.1, 0.15) is 30.1 Å². The molecule has 12 heteroatoms. The minimum absolute atomic E-state index is 0.00500. The number of carbonyl (C=O) groups excluding carboxylic acids is 1. The summed E-state index contributed by atoms with van der Waals surface area (Å²) >= 11 is 6.76. The molecule has 0 saturated carbocycles. The van der Waals surface area contributed by atoms with E-state index < -0.39 is 4.92 Å². The van der Waals surface area contributed by atoms with E-state index in [2.05, 4.69) is 39.0 Å². The third-order valence-corrected chi connectivity index (χ3v) is 9.39. The monoisotopic (exact) mass is 748 g/mol. The number of hydrogen-bond acceptors (Lipinski definition) is 10. The molecule has 4 aromatic carbocycles. The Morgan fingerprint density at radius 1 is 0.889 bits per heavy atom. The van der Waals surface area contributed by atoms with Crippen molar-refractivity contribution in [2.24, 2.45) is 0 Å². The number of piperazine rings is 1. The van der Waals surface area contributed by atoms with E-state index in [9.17, 15) is 14.9 Å². The molecule has 2 heterocycles. The van der Waals surface area contributed by atoms with Gasteiger partial charge in [-0.1, -0.05) is 48.0 Å². The van der Waals surface area contributed by atoms with E-state index >= 15 is 0 Å². The van der Waals surface area contributed by atoms with Crippen LogP contribution in [0.15, 0.2) is 109 Å². The molecule has 0 atom stereocenters. The lowest BCUT2D eigenvalue weighted by Crippen LogP contribution is -2.45. The molecule has 0 amide bonds. The summed E-state index contributed by atoms with van der Waals surface area (Å²) in [5, 5.41) is 11.7. The number of pyridine rings is 1. The highest BCUT2D eigenvalue weighted by Gasteiger charge is 2.22. The van der Waals surface area contributed by atoms with Gasteiger partial charge in [-0.2, -0.15) is 0 Å². The first-order chi connectivity index (χ1) is 26.3. The Balaban J connectivity index is 1.000. The summed E-state index contributed by atoms with van der Waals surface area (Å²) in [6, 6.07) is 29.8. The number of aryl methyl sites for hydroxylation is 1. The SMILES string of the molecule is COc1ccc(OCCc2ccc(CN3CCN(/C(=C/C=O)c4cc(C)c(Oc5ccc(OCc6ccccc6[N+](=O)[O-])cn5)c(Cl)c4)CC3)cc2)cc1. The maximum atomic E-state index is 11.8. The maximum Gasteiger partial charge on any atom is 0.276 e. The molecule has 1 fully saturated rings. The Kier molecular flexibility index (Phi) is 12.8. The smallest absolute Gasteiger partial charge is 0.276 e. The Labute approximate surface area is 319 Å². The number of nitro groups is 1. The highest BCUT2D eigenvalue weighted by atomic mass is 35.5. The summed E-state index contributed by atoms with van der Waals surface area (Å²) in [7, 11) is 1.65. The fraction of sp³-hybridized carbons (Fsp3) is 0.238. The number of aldehydes is 1. The van der Waals surface area contributed by atoms with Crippen molar-refractivity contribution in [1.29, 1.82) is 0 Å². The lowest BCUT2D eigenvalue weighted by molar-refractivity contribution is -0.385. The summed E-state index contributed by atoms with van der Waals surface area (Å²) in [6.45, 7) is 6.55. The third kappa shape index (κ3) is 9.94. The van der Waals surface area contributed by atoms with Gasteiger partial charge in [-0.05, 0) is 77.7 Å². The zero-order valence-electron chi connectivity index (χ0n) is 30.2. The molecule has 1 saturated heterocycles. The number of rotatable bonds is 16. The van der Waals surface area contributed by atoms with Crippen LogP contribution in [0.4, 0.5) is 5.69 Å². The molecule has 1 aliphatic heterocycles. The van der Waals surface area contributed by atoms with E-state index in [4.69, 9.17) is 30.5 Å². The van der Waals surface area contributed by atoms with Crippen LogP contribution in [0.2, 0.25) is 5.02 Å². The van der Waals surface area contributed by atoms with Crippen LogP contribution in [0.25, 0.3) is 5.70 Å². The van der Waals surface area contributed by atoms with Gasteiger partial charge in [0.15, 0.2) is 5.75 Å². The summed E-state index contributed by atoms with van der Waals surface area (Å²) in [6.07, 6.45) is 4.70. The van der Waals surface area contributed by atoms with Gasteiger partial charge in [0, 0.05) is 63.1 Å². The normalized spacial score (nSPS) is 13.3. The van der Waals surface area contributed by atoms with Crippen molar-refractivity contribution < 1.29 is 28.7 Å². The number of para-hydroxylation sites is 1. The van der Waals surface area contributed by atoms with E-state index in [1.807, 2.05) is 37.3 Å².